The molecule has 0 radical (unpaired) electrons. The molecule has 7 unspecified atom stereocenters. The molecule has 0 heterocycles. The van der Waals surface area contributed by atoms with E-state index in [1.165, 1.54) is 38.5 Å². The average molecular weight is 379 g/mol. The quantitative estimate of drug-likeness (QED) is 0.515. The zero-order chi connectivity index (χ0) is 19.4. The first kappa shape index (κ1) is 19.7. The highest BCUT2D eigenvalue weighted by molar-refractivity contribution is 5.66. The summed E-state index contributed by atoms with van der Waals surface area (Å²) in [6, 6.07) is 0. The van der Waals surface area contributed by atoms with E-state index in [9.17, 15) is 4.79 Å². The Kier molecular flexibility index (Phi) is 4.91. The van der Waals surface area contributed by atoms with Crippen LogP contribution in [0.1, 0.15) is 78.6 Å². The van der Waals surface area contributed by atoms with Gasteiger partial charge in [0.15, 0.2) is 5.79 Å². The first-order valence-corrected chi connectivity index (χ1v) is 11.1. The van der Waals surface area contributed by atoms with Crippen molar-refractivity contribution in [2.24, 2.45) is 34.5 Å². The predicted molar refractivity (Wildman–Crippen MR) is 104 cm³/mol. The van der Waals surface area contributed by atoms with Crippen LogP contribution in [0.3, 0.4) is 0 Å². The number of carbonyl (C=O) groups excluding carboxylic acids is 1. The molecule has 4 heteroatoms. The Labute approximate surface area is 164 Å². The van der Waals surface area contributed by atoms with Crippen molar-refractivity contribution < 1.29 is 19.0 Å². The van der Waals surface area contributed by atoms with Crippen LogP contribution < -0.4 is 0 Å². The van der Waals surface area contributed by atoms with Gasteiger partial charge in [-0.2, -0.15) is 0 Å². The zero-order valence-electron chi connectivity index (χ0n) is 17.9. The number of esters is 1. The molecule has 0 aromatic carbocycles. The molecular weight excluding hydrogens is 340 g/mol. The van der Waals surface area contributed by atoms with E-state index in [0.717, 1.165) is 37.0 Å². The SMILES string of the molecule is COC1(OC)CCC2(C)C(CCC3C2CCC2(C)C(OC(C)=O)CCC32)C1. The third-order valence-corrected chi connectivity index (χ3v) is 9.63. The van der Waals surface area contributed by atoms with Gasteiger partial charge in [0.1, 0.15) is 6.10 Å². The minimum absolute atomic E-state index is 0.109. The van der Waals surface area contributed by atoms with Crippen LogP contribution in [0.4, 0.5) is 0 Å². The van der Waals surface area contributed by atoms with Crippen LogP contribution in [0.5, 0.6) is 0 Å². The van der Waals surface area contributed by atoms with Gasteiger partial charge in [-0.15, -0.1) is 0 Å². The molecule has 4 rings (SSSR count). The van der Waals surface area contributed by atoms with Crippen molar-refractivity contribution in [1.29, 1.82) is 0 Å². The van der Waals surface area contributed by atoms with Crippen LogP contribution in [0.15, 0.2) is 0 Å². The molecule has 0 saturated heterocycles. The Bertz CT molecular complexity index is 585. The summed E-state index contributed by atoms with van der Waals surface area (Å²) in [4.78, 5) is 11.6. The molecule has 7 atom stereocenters. The van der Waals surface area contributed by atoms with Crippen molar-refractivity contribution in [1.82, 2.24) is 0 Å². The van der Waals surface area contributed by atoms with Crippen molar-refractivity contribution in [3.8, 4) is 0 Å². The summed E-state index contributed by atoms with van der Waals surface area (Å²) in [6.07, 6.45) is 10.8. The molecule has 0 bridgehead atoms. The molecule has 4 aliphatic carbocycles. The second-order valence-corrected chi connectivity index (χ2v) is 10.4. The van der Waals surface area contributed by atoms with Gasteiger partial charge < -0.3 is 14.2 Å². The van der Waals surface area contributed by atoms with E-state index in [1.54, 1.807) is 21.1 Å². The van der Waals surface area contributed by atoms with Crippen LogP contribution >= 0.6 is 0 Å². The third kappa shape index (κ3) is 2.88. The van der Waals surface area contributed by atoms with Gasteiger partial charge in [0, 0.05) is 39.4 Å². The Morgan fingerprint density at radius 1 is 0.852 bits per heavy atom. The Balaban J connectivity index is 1.55. The number of rotatable bonds is 3. The highest BCUT2D eigenvalue weighted by Gasteiger charge is 2.62. The maximum Gasteiger partial charge on any atom is 0.302 e. The number of hydrogen-bond acceptors (Lipinski definition) is 4. The standard InChI is InChI=1S/C23H38O4/c1-15(24)27-20-9-8-18-17-7-6-16-14-23(25-4,26-5)13-12-21(16,2)19(17)10-11-22(18,20)3/h16-20H,6-14H2,1-5H3. The molecule has 27 heavy (non-hydrogen) atoms. The molecule has 4 nitrogen and oxygen atoms in total. The number of hydrogen-bond donors (Lipinski definition) is 0. The van der Waals surface area contributed by atoms with Crippen LogP contribution in [-0.2, 0) is 19.0 Å². The Morgan fingerprint density at radius 3 is 2.22 bits per heavy atom. The van der Waals surface area contributed by atoms with Crippen molar-refractivity contribution in [3.05, 3.63) is 0 Å². The molecule has 4 aliphatic rings. The zero-order valence-corrected chi connectivity index (χ0v) is 17.9. The lowest BCUT2D eigenvalue weighted by Crippen LogP contribution is -2.57. The van der Waals surface area contributed by atoms with Crippen LogP contribution in [-0.4, -0.2) is 32.1 Å². The Hall–Kier alpha value is -0.610. The summed E-state index contributed by atoms with van der Waals surface area (Å²) < 4.78 is 17.4. The van der Waals surface area contributed by atoms with E-state index < -0.39 is 0 Å². The number of methoxy groups -OCH3 is 2. The Morgan fingerprint density at radius 2 is 1.56 bits per heavy atom. The molecule has 0 spiro atoms. The van der Waals surface area contributed by atoms with E-state index >= 15 is 0 Å². The summed E-state index contributed by atoms with van der Waals surface area (Å²) in [5, 5.41) is 0. The number of ether oxygens (including phenoxy) is 3. The highest BCUT2D eigenvalue weighted by Crippen LogP contribution is 2.67. The first-order chi connectivity index (χ1) is 12.8. The topological polar surface area (TPSA) is 44.8 Å². The third-order valence-electron chi connectivity index (χ3n) is 9.63. The van der Waals surface area contributed by atoms with Crippen molar-refractivity contribution in [3.63, 3.8) is 0 Å². The minimum atomic E-state index is -0.367. The highest BCUT2D eigenvalue weighted by atomic mass is 16.7. The van der Waals surface area contributed by atoms with Crippen LogP contribution in [0, 0.1) is 34.5 Å². The van der Waals surface area contributed by atoms with E-state index in [1.807, 2.05) is 0 Å². The van der Waals surface area contributed by atoms with Crippen molar-refractivity contribution >= 4 is 5.97 Å². The van der Waals surface area contributed by atoms with Gasteiger partial charge in [-0.05, 0) is 74.0 Å². The second-order valence-electron chi connectivity index (χ2n) is 10.4. The fourth-order valence-corrected chi connectivity index (χ4v) is 8.00. The lowest BCUT2D eigenvalue weighted by molar-refractivity contribution is -0.261. The van der Waals surface area contributed by atoms with Crippen LogP contribution in [0.25, 0.3) is 0 Å². The average Bonchev–Trinajstić information content (AvgIpc) is 2.97. The maximum absolute atomic E-state index is 11.6. The molecular formula is C23H38O4. The van der Waals surface area contributed by atoms with Gasteiger partial charge in [0.05, 0.1) is 0 Å². The number of carbonyl (C=O) groups is 1. The normalized spacial score (nSPS) is 48.3. The van der Waals surface area contributed by atoms with Crippen molar-refractivity contribution in [2.45, 2.75) is 90.4 Å². The molecule has 0 aromatic rings. The van der Waals surface area contributed by atoms with Gasteiger partial charge in [-0.1, -0.05) is 13.8 Å². The molecule has 0 N–H and O–H groups in total. The minimum Gasteiger partial charge on any atom is -0.462 e. The van der Waals surface area contributed by atoms with E-state index in [-0.39, 0.29) is 23.3 Å². The molecule has 4 saturated carbocycles. The van der Waals surface area contributed by atoms with E-state index in [0.29, 0.717) is 11.3 Å². The summed E-state index contributed by atoms with van der Waals surface area (Å²) in [7, 11) is 3.61. The summed E-state index contributed by atoms with van der Waals surface area (Å²) in [5.74, 6) is 2.54. The van der Waals surface area contributed by atoms with Crippen molar-refractivity contribution in [2.75, 3.05) is 14.2 Å². The molecule has 0 aromatic heterocycles. The van der Waals surface area contributed by atoms with Gasteiger partial charge in [0.25, 0.3) is 0 Å². The maximum atomic E-state index is 11.6. The monoisotopic (exact) mass is 378 g/mol. The van der Waals surface area contributed by atoms with Gasteiger partial charge in [0.2, 0.25) is 0 Å². The first-order valence-electron chi connectivity index (χ1n) is 11.1. The summed E-state index contributed by atoms with van der Waals surface area (Å²) >= 11 is 0. The fraction of sp³-hybridized carbons (Fsp3) is 0.957. The molecule has 0 aliphatic heterocycles. The fourth-order valence-electron chi connectivity index (χ4n) is 8.00. The predicted octanol–water partition coefficient (Wildman–Crippen LogP) is 4.95. The lowest BCUT2D eigenvalue weighted by atomic mass is 9.45. The molecule has 0 amide bonds. The van der Waals surface area contributed by atoms with Crippen LogP contribution in [0.2, 0.25) is 0 Å². The van der Waals surface area contributed by atoms with Gasteiger partial charge in [-0.3, -0.25) is 4.79 Å². The summed E-state index contributed by atoms with van der Waals surface area (Å²) in [5.41, 5.74) is 0.595. The lowest BCUT2D eigenvalue weighted by Gasteiger charge is -2.62. The second kappa shape index (κ2) is 6.73. The van der Waals surface area contributed by atoms with Gasteiger partial charge >= 0.3 is 5.97 Å². The number of fused-ring (bicyclic) bond motifs is 5. The van der Waals surface area contributed by atoms with Gasteiger partial charge in [-0.25, -0.2) is 0 Å². The van der Waals surface area contributed by atoms with E-state index in [4.69, 9.17) is 14.2 Å². The van der Waals surface area contributed by atoms with E-state index in [2.05, 4.69) is 13.8 Å². The molecule has 4 fully saturated rings. The smallest absolute Gasteiger partial charge is 0.302 e. The largest absolute Gasteiger partial charge is 0.462 e. The molecule has 154 valence electrons. The summed E-state index contributed by atoms with van der Waals surface area (Å²) in [6.45, 7) is 6.53.